The van der Waals surface area contributed by atoms with E-state index < -0.39 is 47.6 Å². The van der Waals surface area contributed by atoms with Gasteiger partial charge in [0.15, 0.2) is 11.4 Å². The Kier molecular flexibility index (Phi) is 6.38. The molecule has 5 atom stereocenters. The van der Waals surface area contributed by atoms with Crippen LogP contribution in [0.3, 0.4) is 0 Å². The van der Waals surface area contributed by atoms with E-state index in [4.69, 9.17) is 14.6 Å². The molecule has 3 N–H and O–H groups in total. The lowest BCUT2D eigenvalue weighted by molar-refractivity contribution is -0.165. The minimum absolute atomic E-state index is 0.00118. The second kappa shape index (κ2) is 8.81. The summed E-state index contributed by atoms with van der Waals surface area (Å²) in [6, 6.07) is 0. The Hall–Kier alpha value is -2.97. The maximum absolute atomic E-state index is 12.9. The number of aliphatic hydroxyl groups excluding tert-OH is 1. The van der Waals surface area contributed by atoms with Crippen molar-refractivity contribution in [3.8, 4) is 0 Å². The summed E-state index contributed by atoms with van der Waals surface area (Å²) < 4.78 is 11.3. The molecular formula is C22H24O8. The van der Waals surface area contributed by atoms with E-state index in [2.05, 4.69) is 0 Å². The quantitative estimate of drug-likeness (QED) is 0.356. The van der Waals surface area contributed by atoms with Gasteiger partial charge in [0, 0.05) is 6.08 Å². The summed E-state index contributed by atoms with van der Waals surface area (Å²) in [5, 5.41) is 30.5. The second-order valence-electron chi connectivity index (χ2n) is 7.49. The highest BCUT2D eigenvalue weighted by Crippen LogP contribution is 2.46. The zero-order valence-electron chi connectivity index (χ0n) is 16.4. The van der Waals surface area contributed by atoms with Crippen LogP contribution in [0.15, 0.2) is 59.9 Å². The van der Waals surface area contributed by atoms with Crippen LogP contribution in [0, 0.1) is 5.92 Å². The number of esters is 1. The number of aliphatic carboxylic acids is 1. The SMILES string of the molecule is C[C@H]1CCC[C@H](O)[C@]2(O)C(=O)C=C[C@@H]3OC(/C=C/C=C\C=C\C(=O)O)=C(C(=O)O1)[C@@H]32. The van der Waals surface area contributed by atoms with Gasteiger partial charge in [0.2, 0.25) is 0 Å². The van der Waals surface area contributed by atoms with Crippen molar-refractivity contribution >= 4 is 17.7 Å². The predicted octanol–water partition coefficient (Wildman–Crippen LogP) is 1.36. The van der Waals surface area contributed by atoms with E-state index in [9.17, 15) is 24.6 Å². The number of carboxylic acids is 1. The van der Waals surface area contributed by atoms with Crippen LogP contribution in [-0.2, 0) is 23.9 Å². The van der Waals surface area contributed by atoms with Crippen LogP contribution in [0.1, 0.15) is 26.2 Å². The van der Waals surface area contributed by atoms with E-state index in [0.717, 1.165) is 6.08 Å². The molecule has 160 valence electrons. The molecule has 0 saturated carbocycles. The summed E-state index contributed by atoms with van der Waals surface area (Å²) in [5.41, 5.74) is -2.19. The normalized spacial score (nSPS) is 34.5. The molecule has 0 bridgehead atoms. The van der Waals surface area contributed by atoms with Crippen molar-refractivity contribution in [2.24, 2.45) is 5.92 Å². The molecule has 0 aromatic heterocycles. The highest BCUT2D eigenvalue weighted by molar-refractivity contribution is 6.02. The van der Waals surface area contributed by atoms with Gasteiger partial charge in [-0.05, 0) is 44.4 Å². The molecule has 1 saturated heterocycles. The van der Waals surface area contributed by atoms with Crippen molar-refractivity contribution in [1.29, 1.82) is 0 Å². The van der Waals surface area contributed by atoms with E-state index in [1.165, 1.54) is 42.5 Å². The molecule has 0 amide bonds. The first-order valence-electron chi connectivity index (χ1n) is 9.74. The van der Waals surface area contributed by atoms with Crippen LogP contribution >= 0.6 is 0 Å². The molecule has 0 radical (unpaired) electrons. The van der Waals surface area contributed by atoms with Gasteiger partial charge in [0.1, 0.15) is 11.9 Å². The lowest BCUT2D eigenvalue weighted by Gasteiger charge is -2.40. The van der Waals surface area contributed by atoms with Crippen LogP contribution < -0.4 is 0 Å². The highest BCUT2D eigenvalue weighted by atomic mass is 16.5. The molecule has 1 aliphatic carbocycles. The molecule has 1 fully saturated rings. The Bertz CT molecular complexity index is 878. The number of carbonyl (C=O) groups is 3. The van der Waals surface area contributed by atoms with Gasteiger partial charge in [-0.2, -0.15) is 0 Å². The maximum Gasteiger partial charge on any atom is 0.338 e. The van der Waals surface area contributed by atoms with Gasteiger partial charge in [0.25, 0.3) is 0 Å². The minimum Gasteiger partial charge on any atom is -0.485 e. The summed E-state index contributed by atoms with van der Waals surface area (Å²) in [4.78, 5) is 36.0. The largest absolute Gasteiger partial charge is 0.485 e. The minimum atomic E-state index is -2.19. The topological polar surface area (TPSA) is 130 Å². The second-order valence-corrected chi connectivity index (χ2v) is 7.49. The van der Waals surface area contributed by atoms with Crippen molar-refractivity contribution < 1.29 is 39.2 Å². The third kappa shape index (κ3) is 4.15. The third-order valence-corrected chi connectivity index (χ3v) is 5.42. The molecule has 3 rings (SSSR count). The number of hydrogen-bond acceptors (Lipinski definition) is 7. The predicted molar refractivity (Wildman–Crippen MR) is 105 cm³/mol. The molecule has 8 nitrogen and oxygen atoms in total. The number of hydrogen-bond donors (Lipinski definition) is 3. The molecule has 30 heavy (non-hydrogen) atoms. The fourth-order valence-electron chi connectivity index (χ4n) is 3.95. The Morgan fingerprint density at radius 1 is 1.17 bits per heavy atom. The fourth-order valence-corrected chi connectivity index (χ4v) is 3.95. The lowest BCUT2D eigenvalue weighted by atomic mass is 9.69. The average Bonchev–Trinajstić information content (AvgIpc) is 3.06. The molecule has 2 aliphatic heterocycles. The van der Waals surface area contributed by atoms with Gasteiger partial charge >= 0.3 is 11.9 Å². The van der Waals surface area contributed by atoms with E-state index >= 15 is 0 Å². The number of carboxylic acid groups (broad SMARTS) is 1. The Morgan fingerprint density at radius 2 is 1.90 bits per heavy atom. The van der Waals surface area contributed by atoms with Gasteiger partial charge < -0.3 is 24.8 Å². The first-order valence-corrected chi connectivity index (χ1v) is 9.74. The fraction of sp³-hybridized carbons (Fsp3) is 0.409. The molecule has 0 spiro atoms. The number of ether oxygens (including phenoxy) is 2. The van der Waals surface area contributed by atoms with E-state index in [1.54, 1.807) is 6.92 Å². The third-order valence-electron chi connectivity index (χ3n) is 5.42. The summed E-state index contributed by atoms with van der Waals surface area (Å²) in [7, 11) is 0. The van der Waals surface area contributed by atoms with E-state index in [-0.39, 0.29) is 17.8 Å². The van der Waals surface area contributed by atoms with Crippen molar-refractivity contribution in [3.63, 3.8) is 0 Å². The van der Waals surface area contributed by atoms with Gasteiger partial charge in [-0.3, -0.25) is 4.79 Å². The average molecular weight is 416 g/mol. The molecule has 0 aromatic carbocycles. The van der Waals surface area contributed by atoms with Gasteiger partial charge in [0.05, 0.1) is 23.7 Å². The van der Waals surface area contributed by atoms with Crippen LogP contribution in [0.25, 0.3) is 0 Å². The van der Waals surface area contributed by atoms with Crippen LogP contribution in [-0.4, -0.2) is 57.0 Å². The monoisotopic (exact) mass is 416 g/mol. The van der Waals surface area contributed by atoms with E-state index in [0.29, 0.717) is 12.8 Å². The number of allylic oxidation sites excluding steroid dienone is 5. The summed E-state index contributed by atoms with van der Waals surface area (Å²) in [5.74, 6) is -3.44. The van der Waals surface area contributed by atoms with Gasteiger partial charge in [-0.25, -0.2) is 9.59 Å². The van der Waals surface area contributed by atoms with Crippen molar-refractivity contribution in [2.45, 2.75) is 50.1 Å². The number of aliphatic hydroxyl groups is 2. The Morgan fingerprint density at radius 3 is 2.63 bits per heavy atom. The maximum atomic E-state index is 12.9. The zero-order chi connectivity index (χ0) is 21.9. The number of carbonyl (C=O) groups excluding carboxylic acids is 2. The molecule has 0 unspecified atom stereocenters. The molecule has 8 heteroatoms. The lowest BCUT2D eigenvalue weighted by Crippen LogP contribution is -2.60. The Balaban J connectivity index is 2.01. The summed E-state index contributed by atoms with van der Waals surface area (Å²) in [6.45, 7) is 1.74. The van der Waals surface area contributed by atoms with Gasteiger partial charge in [-0.1, -0.05) is 24.3 Å². The van der Waals surface area contributed by atoms with E-state index in [1.807, 2.05) is 0 Å². The standard InChI is InChI=1S/C22H24O8/c1-13-7-6-9-16(23)22(28)17(24)12-11-15-20(22)19(21(27)29-13)14(30-15)8-4-2-3-5-10-18(25)26/h2-5,8,10-13,15-16,20,23,28H,6-7,9H2,1H3,(H,25,26)/b3-2-,8-4+,10-5+/t13-,15-,16-,20+,22-/m0/s1. The first-order chi connectivity index (χ1) is 14.2. The summed E-state index contributed by atoms with van der Waals surface area (Å²) >= 11 is 0. The smallest absolute Gasteiger partial charge is 0.338 e. The molecule has 0 aromatic rings. The highest BCUT2D eigenvalue weighted by Gasteiger charge is 2.60. The van der Waals surface area contributed by atoms with Crippen LogP contribution in [0.5, 0.6) is 0 Å². The van der Waals surface area contributed by atoms with Crippen molar-refractivity contribution in [2.75, 3.05) is 0 Å². The first kappa shape index (κ1) is 21.7. The number of ketones is 1. The van der Waals surface area contributed by atoms with Gasteiger partial charge in [-0.15, -0.1) is 0 Å². The zero-order valence-corrected chi connectivity index (χ0v) is 16.4. The Labute approximate surface area is 173 Å². The number of cyclic esters (lactones) is 1. The molecule has 3 aliphatic rings. The van der Waals surface area contributed by atoms with Crippen LogP contribution in [0.4, 0.5) is 0 Å². The molecular weight excluding hydrogens is 392 g/mol. The van der Waals surface area contributed by atoms with Crippen LogP contribution in [0.2, 0.25) is 0 Å². The number of rotatable bonds is 4. The van der Waals surface area contributed by atoms with Crippen molar-refractivity contribution in [1.82, 2.24) is 0 Å². The summed E-state index contributed by atoms with van der Waals surface area (Å²) in [6.07, 6.45) is 9.52. The van der Waals surface area contributed by atoms with Crippen molar-refractivity contribution in [3.05, 3.63) is 59.9 Å². The molecule has 2 heterocycles.